The molecule has 0 saturated heterocycles. The van der Waals surface area contributed by atoms with Gasteiger partial charge in [-0.3, -0.25) is 0 Å². The monoisotopic (exact) mass is 282 g/mol. The Labute approximate surface area is 119 Å². The van der Waals surface area contributed by atoms with E-state index in [1.54, 1.807) is 11.8 Å². The van der Waals surface area contributed by atoms with Crippen molar-refractivity contribution in [1.82, 2.24) is 10.6 Å². The molecule has 106 valence electrons. The van der Waals surface area contributed by atoms with Gasteiger partial charge in [0, 0.05) is 11.8 Å². The zero-order valence-corrected chi connectivity index (χ0v) is 12.2. The Hall–Kier alpha value is -1.20. The van der Waals surface area contributed by atoms with Gasteiger partial charge in [0.15, 0.2) is 0 Å². The number of benzene rings is 1. The lowest BCUT2D eigenvalue weighted by molar-refractivity contribution is 0.214. The molecule has 5 heteroatoms. The first-order chi connectivity index (χ1) is 9.21. The summed E-state index contributed by atoms with van der Waals surface area (Å²) in [6.45, 7) is 1.93. The number of hydrogen-bond acceptors (Lipinski definition) is 3. The zero-order chi connectivity index (χ0) is 14.1. The van der Waals surface area contributed by atoms with Crippen molar-refractivity contribution >= 4 is 17.8 Å². The molecule has 1 aromatic carbocycles. The standard InChI is InChI=1S/C14H22N2O2S/c1-3-12(10-19-2)15-14(18)16-13(9-17)11-7-5-4-6-8-11/h4-8,12-13,17H,3,9-10H2,1-2H3,(H2,15,16,18). The fourth-order valence-electron chi connectivity index (χ4n) is 1.77. The van der Waals surface area contributed by atoms with E-state index in [1.807, 2.05) is 43.5 Å². The summed E-state index contributed by atoms with van der Waals surface area (Å²) >= 11 is 1.71. The average molecular weight is 282 g/mol. The molecule has 0 aromatic heterocycles. The molecule has 19 heavy (non-hydrogen) atoms. The summed E-state index contributed by atoms with van der Waals surface area (Å²) in [6.07, 6.45) is 2.91. The van der Waals surface area contributed by atoms with Crippen molar-refractivity contribution in [3.63, 3.8) is 0 Å². The maximum atomic E-state index is 11.9. The molecule has 0 saturated carbocycles. The van der Waals surface area contributed by atoms with Gasteiger partial charge in [-0.2, -0.15) is 11.8 Å². The minimum Gasteiger partial charge on any atom is -0.394 e. The van der Waals surface area contributed by atoms with Crippen molar-refractivity contribution in [1.29, 1.82) is 0 Å². The van der Waals surface area contributed by atoms with Crippen LogP contribution in [-0.2, 0) is 0 Å². The van der Waals surface area contributed by atoms with Gasteiger partial charge in [0.1, 0.15) is 0 Å². The Morgan fingerprint density at radius 2 is 2.00 bits per heavy atom. The first kappa shape index (κ1) is 15.9. The molecule has 2 atom stereocenters. The SMILES string of the molecule is CCC(CSC)NC(=O)NC(CO)c1ccccc1. The first-order valence-corrected chi connectivity index (χ1v) is 7.82. The number of hydrogen-bond donors (Lipinski definition) is 3. The Morgan fingerprint density at radius 3 is 2.53 bits per heavy atom. The largest absolute Gasteiger partial charge is 0.394 e. The summed E-state index contributed by atoms with van der Waals surface area (Å²) in [7, 11) is 0. The molecule has 3 N–H and O–H groups in total. The van der Waals surface area contributed by atoms with Crippen LogP contribution in [0, 0.1) is 0 Å². The number of aliphatic hydroxyl groups is 1. The molecule has 0 bridgehead atoms. The van der Waals surface area contributed by atoms with E-state index in [0.717, 1.165) is 17.7 Å². The van der Waals surface area contributed by atoms with Crippen molar-refractivity contribution < 1.29 is 9.90 Å². The lowest BCUT2D eigenvalue weighted by Gasteiger charge is -2.20. The van der Waals surface area contributed by atoms with Gasteiger partial charge in [0.2, 0.25) is 0 Å². The number of carbonyl (C=O) groups excluding carboxylic acids is 1. The predicted octanol–water partition coefficient (Wildman–Crippen LogP) is 2.16. The molecule has 0 heterocycles. The van der Waals surface area contributed by atoms with Gasteiger partial charge in [-0.15, -0.1) is 0 Å². The molecule has 4 nitrogen and oxygen atoms in total. The maximum Gasteiger partial charge on any atom is 0.315 e. The Morgan fingerprint density at radius 1 is 1.32 bits per heavy atom. The Balaban J connectivity index is 2.54. The summed E-state index contributed by atoms with van der Waals surface area (Å²) in [5, 5.41) is 15.1. The van der Waals surface area contributed by atoms with E-state index in [0.29, 0.717) is 0 Å². The average Bonchev–Trinajstić information content (AvgIpc) is 2.45. The van der Waals surface area contributed by atoms with Gasteiger partial charge >= 0.3 is 6.03 Å². The second kappa shape index (κ2) is 8.82. The fraction of sp³-hybridized carbons (Fsp3) is 0.500. The molecule has 1 rings (SSSR count). The topological polar surface area (TPSA) is 61.4 Å². The minimum atomic E-state index is -0.368. The van der Waals surface area contributed by atoms with Gasteiger partial charge in [-0.25, -0.2) is 4.79 Å². The van der Waals surface area contributed by atoms with Gasteiger partial charge in [-0.1, -0.05) is 37.3 Å². The number of rotatable bonds is 7. The van der Waals surface area contributed by atoms with Gasteiger partial charge in [0.25, 0.3) is 0 Å². The number of aliphatic hydroxyl groups excluding tert-OH is 1. The smallest absolute Gasteiger partial charge is 0.315 e. The van der Waals surface area contributed by atoms with Crippen molar-refractivity contribution in [2.75, 3.05) is 18.6 Å². The number of nitrogens with one attached hydrogen (secondary N) is 2. The van der Waals surface area contributed by atoms with Crippen LogP contribution >= 0.6 is 11.8 Å². The highest BCUT2D eigenvalue weighted by Crippen LogP contribution is 2.11. The molecule has 1 aromatic rings. The quantitative estimate of drug-likeness (QED) is 0.718. The number of urea groups is 1. The third-order valence-corrected chi connectivity index (χ3v) is 3.62. The fourth-order valence-corrected chi connectivity index (χ4v) is 2.49. The lowest BCUT2D eigenvalue weighted by atomic mass is 10.1. The number of carbonyl (C=O) groups is 1. The molecular weight excluding hydrogens is 260 g/mol. The van der Waals surface area contributed by atoms with E-state index in [-0.39, 0.29) is 24.7 Å². The van der Waals surface area contributed by atoms with E-state index >= 15 is 0 Å². The molecule has 0 aliphatic rings. The highest BCUT2D eigenvalue weighted by Gasteiger charge is 2.15. The zero-order valence-electron chi connectivity index (χ0n) is 11.4. The predicted molar refractivity (Wildman–Crippen MR) is 80.4 cm³/mol. The normalized spacial score (nSPS) is 13.6. The Kier molecular flexibility index (Phi) is 7.36. The van der Waals surface area contributed by atoms with Crippen LogP contribution in [0.3, 0.4) is 0 Å². The van der Waals surface area contributed by atoms with Crippen LogP contribution in [-0.4, -0.2) is 35.8 Å². The number of thioether (sulfide) groups is 1. The third kappa shape index (κ3) is 5.53. The van der Waals surface area contributed by atoms with Crippen LogP contribution in [0.1, 0.15) is 24.9 Å². The summed E-state index contributed by atoms with van der Waals surface area (Å²) in [6, 6.07) is 9.02. The van der Waals surface area contributed by atoms with Gasteiger partial charge in [-0.05, 0) is 18.2 Å². The second-order valence-corrected chi connectivity index (χ2v) is 5.23. The van der Waals surface area contributed by atoms with Crippen LogP contribution in [0.15, 0.2) is 30.3 Å². The van der Waals surface area contributed by atoms with Crippen LogP contribution in [0.2, 0.25) is 0 Å². The van der Waals surface area contributed by atoms with Crippen LogP contribution in [0.5, 0.6) is 0 Å². The van der Waals surface area contributed by atoms with Crippen molar-refractivity contribution in [2.24, 2.45) is 0 Å². The third-order valence-electron chi connectivity index (χ3n) is 2.89. The van der Waals surface area contributed by atoms with Gasteiger partial charge in [0.05, 0.1) is 12.6 Å². The van der Waals surface area contributed by atoms with E-state index in [2.05, 4.69) is 10.6 Å². The first-order valence-electron chi connectivity index (χ1n) is 6.43. The highest BCUT2D eigenvalue weighted by atomic mass is 32.2. The summed E-state index contributed by atoms with van der Waals surface area (Å²) < 4.78 is 0. The van der Waals surface area contributed by atoms with Crippen molar-refractivity contribution in [3.8, 4) is 0 Å². The maximum absolute atomic E-state index is 11.9. The summed E-state index contributed by atoms with van der Waals surface area (Å²) in [5.41, 5.74) is 0.901. The van der Waals surface area contributed by atoms with Gasteiger partial charge < -0.3 is 15.7 Å². The van der Waals surface area contributed by atoms with Crippen LogP contribution in [0.4, 0.5) is 4.79 Å². The van der Waals surface area contributed by atoms with E-state index in [9.17, 15) is 9.90 Å². The number of amides is 2. The molecule has 0 spiro atoms. The minimum absolute atomic E-state index is 0.114. The van der Waals surface area contributed by atoms with E-state index < -0.39 is 0 Å². The lowest BCUT2D eigenvalue weighted by Crippen LogP contribution is -2.45. The molecule has 0 radical (unpaired) electrons. The van der Waals surface area contributed by atoms with Crippen LogP contribution < -0.4 is 10.6 Å². The van der Waals surface area contributed by atoms with Crippen molar-refractivity contribution in [3.05, 3.63) is 35.9 Å². The molecular formula is C14H22N2O2S. The van der Waals surface area contributed by atoms with Crippen LogP contribution in [0.25, 0.3) is 0 Å². The van der Waals surface area contributed by atoms with E-state index in [1.165, 1.54) is 0 Å². The van der Waals surface area contributed by atoms with Crippen molar-refractivity contribution in [2.45, 2.75) is 25.4 Å². The molecule has 0 aliphatic heterocycles. The molecule has 2 unspecified atom stereocenters. The molecule has 0 aliphatic carbocycles. The summed E-state index contributed by atoms with van der Waals surface area (Å²) in [4.78, 5) is 11.9. The summed E-state index contributed by atoms with van der Waals surface area (Å²) in [5.74, 6) is 0.888. The molecule has 0 fully saturated rings. The highest BCUT2D eigenvalue weighted by molar-refractivity contribution is 7.98. The Bertz CT molecular complexity index is 373. The second-order valence-electron chi connectivity index (χ2n) is 4.32. The van der Waals surface area contributed by atoms with E-state index in [4.69, 9.17) is 0 Å². The molecule has 2 amide bonds.